The van der Waals surface area contributed by atoms with Crippen molar-refractivity contribution in [3.8, 4) is 0 Å². The maximum Gasteiger partial charge on any atom is 0.123 e. The minimum absolute atomic E-state index is 0.244. The number of hydrogen-bond donors (Lipinski definition) is 0. The molecule has 0 saturated carbocycles. The Kier molecular flexibility index (Phi) is 2.88. The van der Waals surface area contributed by atoms with Crippen LogP contribution >= 0.6 is 0 Å². The van der Waals surface area contributed by atoms with Crippen LogP contribution in [-0.4, -0.2) is 6.21 Å². The van der Waals surface area contributed by atoms with Crippen molar-refractivity contribution in [1.82, 2.24) is 0 Å². The molecule has 0 heterocycles. The van der Waals surface area contributed by atoms with Gasteiger partial charge in [-0.15, -0.1) is 0 Å². The minimum Gasteiger partial charge on any atom is -0.256 e. The Morgan fingerprint density at radius 3 is 2.47 bits per heavy atom. The normalized spacial score (nSPS) is 10.7. The molecule has 0 amide bonds. The Morgan fingerprint density at radius 1 is 0.933 bits per heavy atom. The third-order valence-corrected chi connectivity index (χ3v) is 1.97. The number of nitrogens with zero attached hydrogens (tertiary/aromatic N) is 1. The lowest BCUT2D eigenvalue weighted by Gasteiger charge is -1.93. The molecule has 0 saturated heterocycles. The topological polar surface area (TPSA) is 12.4 Å². The molecule has 0 atom stereocenters. The average Bonchev–Trinajstić information content (AvgIpc) is 2.28. The minimum atomic E-state index is -0.244. The Morgan fingerprint density at radius 2 is 1.73 bits per heavy atom. The van der Waals surface area contributed by atoms with Crippen molar-refractivity contribution in [1.29, 1.82) is 0 Å². The molecule has 15 heavy (non-hydrogen) atoms. The van der Waals surface area contributed by atoms with Crippen molar-refractivity contribution < 1.29 is 4.39 Å². The van der Waals surface area contributed by atoms with Crippen molar-refractivity contribution in [3.05, 3.63) is 66.0 Å². The summed E-state index contributed by atoms with van der Waals surface area (Å²) in [6.07, 6.45) is 1.65. The Bertz CT molecular complexity index is 463. The van der Waals surface area contributed by atoms with E-state index in [-0.39, 0.29) is 5.82 Å². The van der Waals surface area contributed by atoms with Crippen LogP contribution in [0.4, 0.5) is 10.1 Å². The van der Waals surface area contributed by atoms with Gasteiger partial charge in [0.05, 0.1) is 5.69 Å². The number of para-hydroxylation sites is 1. The quantitative estimate of drug-likeness (QED) is 0.655. The zero-order valence-corrected chi connectivity index (χ0v) is 8.10. The summed E-state index contributed by atoms with van der Waals surface area (Å²) in [5.74, 6) is -0.244. The molecule has 0 aliphatic heterocycles. The molecule has 2 heteroatoms. The van der Waals surface area contributed by atoms with Crippen molar-refractivity contribution in [2.45, 2.75) is 0 Å². The number of hydrogen-bond acceptors (Lipinski definition) is 1. The predicted octanol–water partition coefficient (Wildman–Crippen LogP) is 3.58. The fourth-order valence-corrected chi connectivity index (χ4v) is 1.25. The lowest BCUT2D eigenvalue weighted by atomic mass is 10.2. The molecular formula is C13H10FN. The Labute approximate surface area is 87.9 Å². The van der Waals surface area contributed by atoms with Gasteiger partial charge in [-0.2, -0.15) is 0 Å². The molecule has 0 fully saturated rings. The summed E-state index contributed by atoms with van der Waals surface area (Å²) in [6, 6.07) is 15.9. The monoisotopic (exact) mass is 199 g/mol. The summed E-state index contributed by atoms with van der Waals surface area (Å²) in [5.41, 5.74) is 1.63. The lowest BCUT2D eigenvalue weighted by molar-refractivity contribution is 0.627. The highest BCUT2D eigenvalue weighted by Crippen LogP contribution is 2.10. The van der Waals surface area contributed by atoms with E-state index in [1.807, 2.05) is 36.4 Å². The summed E-state index contributed by atoms with van der Waals surface area (Å²) in [4.78, 5) is 4.23. The van der Waals surface area contributed by atoms with E-state index in [2.05, 4.69) is 4.99 Å². The number of benzene rings is 2. The molecular weight excluding hydrogens is 189 g/mol. The van der Waals surface area contributed by atoms with E-state index in [1.54, 1.807) is 12.3 Å². The van der Waals surface area contributed by atoms with Gasteiger partial charge < -0.3 is 0 Å². The molecule has 0 aliphatic carbocycles. The molecule has 0 aromatic heterocycles. The van der Waals surface area contributed by atoms with E-state index in [9.17, 15) is 4.39 Å². The van der Waals surface area contributed by atoms with Gasteiger partial charge in [0.2, 0.25) is 0 Å². The fraction of sp³-hybridized carbons (Fsp3) is 0. The van der Waals surface area contributed by atoms with Gasteiger partial charge in [-0.05, 0) is 29.8 Å². The van der Waals surface area contributed by atoms with Crippen LogP contribution in [0.2, 0.25) is 0 Å². The molecule has 0 radical (unpaired) electrons. The number of aliphatic imine (C=N–C) groups is 1. The summed E-state index contributed by atoms with van der Waals surface area (Å²) < 4.78 is 12.8. The first kappa shape index (κ1) is 9.59. The molecule has 2 rings (SSSR count). The zero-order valence-electron chi connectivity index (χ0n) is 8.10. The van der Waals surface area contributed by atoms with Gasteiger partial charge in [-0.25, -0.2) is 4.39 Å². The van der Waals surface area contributed by atoms with E-state index in [0.29, 0.717) is 0 Å². The van der Waals surface area contributed by atoms with Crippen LogP contribution in [0.25, 0.3) is 0 Å². The predicted molar refractivity (Wildman–Crippen MR) is 60.1 cm³/mol. The SMILES string of the molecule is Fc1cccc(C=Nc2ccccc2)c1. The first-order valence-electron chi connectivity index (χ1n) is 4.69. The van der Waals surface area contributed by atoms with Crippen molar-refractivity contribution in [3.63, 3.8) is 0 Å². The second kappa shape index (κ2) is 4.51. The smallest absolute Gasteiger partial charge is 0.123 e. The van der Waals surface area contributed by atoms with E-state index < -0.39 is 0 Å². The molecule has 0 aliphatic rings. The highest BCUT2D eigenvalue weighted by atomic mass is 19.1. The van der Waals surface area contributed by atoms with Gasteiger partial charge in [0.1, 0.15) is 5.82 Å². The van der Waals surface area contributed by atoms with E-state index >= 15 is 0 Å². The Hall–Kier alpha value is -1.96. The van der Waals surface area contributed by atoms with E-state index in [1.165, 1.54) is 12.1 Å². The molecule has 74 valence electrons. The molecule has 0 unspecified atom stereocenters. The van der Waals surface area contributed by atoms with Crippen molar-refractivity contribution in [2.75, 3.05) is 0 Å². The molecule has 0 spiro atoms. The number of halogens is 1. The van der Waals surface area contributed by atoms with Crippen LogP contribution in [0, 0.1) is 5.82 Å². The largest absolute Gasteiger partial charge is 0.256 e. The second-order valence-electron chi connectivity index (χ2n) is 3.15. The van der Waals surface area contributed by atoms with Gasteiger partial charge in [-0.3, -0.25) is 4.99 Å². The highest BCUT2D eigenvalue weighted by Gasteiger charge is 1.90. The van der Waals surface area contributed by atoms with Crippen molar-refractivity contribution >= 4 is 11.9 Å². The van der Waals surface area contributed by atoms with E-state index in [4.69, 9.17) is 0 Å². The maximum absolute atomic E-state index is 12.8. The zero-order chi connectivity index (χ0) is 10.5. The van der Waals surface area contributed by atoms with Crippen LogP contribution in [-0.2, 0) is 0 Å². The molecule has 2 aromatic rings. The molecule has 1 nitrogen and oxygen atoms in total. The molecule has 0 bridgehead atoms. The molecule has 2 aromatic carbocycles. The highest BCUT2D eigenvalue weighted by molar-refractivity contribution is 5.81. The van der Waals surface area contributed by atoms with Crippen LogP contribution in [0.15, 0.2) is 59.6 Å². The van der Waals surface area contributed by atoms with Crippen molar-refractivity contribution in [2.24, 2.45) is 4.99 Å². The van der Waals surface area contributed by atoms with Gasteiger partial charge in [-0.1, -0.05) is 30.3 Å². The first-order valence-corrected chi connectivity index (χ1v) is 4.69. The first-order chi connectivity index (χ1) is 7.34. The Balaban J connectivity index is 2.19. The van der Waals surface area contributed by atoms with Crippen LogP contribution < -0.4 is 0 Å². The second-order valence-corrected chi connectivity index (χ2v) is 3.15. The van der Waals surface area contributed by atoms with Gasteiger partial charge >= 0.3 is 0 Å². The van der Waals surface area contributed by atoms with Gasteiger partial charge in [0, 0.05) is 6.21 Å². The number of rotatable bonds is 2. The third kappa shape index (κ3) is 2.74. The average molecular weight is 199 g/mol. The summed E-state index contributed by atoms with van der Waals surface area (Å²) in [5, 5.41) is 0. The fourth-order valence-electron chi connectivity index (χ4n) is 1.25. The summed E-state index contributed by atoms with van der Waals surface area (Å²) >= 11 is 0. The van der Waals surface area contributed by atoms with Crippen LogP contribution in [0.5, 0.6) is 0 Å². The summed E-state index contributed by atoms with van der Waals surface area (Å²) in [6.45, 7) is 0. The standard InChI is InChI=1S/C13H10FN/c14-12-6-4-5-11(9-12)10-15-13-7-2-1-3-8-13/h1-10H. The maximum atomic E-state index is 12.8. The van der Waals surface area contributed by atoms with Crippen LogP contribution in [0.3, 0.4) is 0 Å². The molecule has 0 N–H and O–H groups in total. The van der Waals surface area contributed by atoms with Gasteiger partial charge in [0.25, 0.3) is 0 Å². The third-order valence-electron chi connectivity index (χ3n) is 1.97. The van der Waals surface area contributed by atoms with E-state index in [0.717, 1.165) is 11.3 Å². The lowest BCUT2D eigenvalue weighted by Crippen LogP contribution is -1.81. The van der Waals surface area contributed by atoms with Crippen LogP contribution in [0.1, 0.15) is 5.56 Å². The summed E-state index contributed by atoms with van der Waals surface area (Å²) in [7, 11) is 0. The van der Waals surface area contributed by atoms with Gasteiger partial charge in [0.15, 0.2) is 0 Å².